The van der Waals surface area contributed by atoms with Gasteiger partial charge in [-0.15, -0.1) is 0 Å². The van der Waals surface area contributed by atoms with Crippen LogP contribution in [-0.2, 0) is 4.79 Å². The maximum absolute atomic E-state index is 10.9. The van der Waals surface area contributed by atoms with Gasteiger partial charge >= 0.3 is 51.4 Å². The smallest absolute Gasteiger partial charge is 0.550 e. The fourth-order valence-corrected chi connectivity index (χ4v) is 4.83. The number of hydrogen-bond acceptors (Lipinski definition) is 5. The fourth-order valence-electron chi connectivity index (χ4n) is 4.28. The Morgan fingerprint density at radius 3 is 2.27 bits per heavy atom. The number of hydrogen-bond donors (Lipinski definition) is 3. The summed E-state index contributed by atoms with van der Waals surface area (Å²) in [4.78, 5) is 10.9. The van der Waals surface area contributed by atoms with Gasteiger partial charge in [0.05, 0.1) is 5.69 Å². The Balaban J connectivity index is 0.00000385. The maximum atomic E-state index is 10.9. The SMILES string of the molecule is Cc1cccc(C)c1C(CCCNc1cccc(-n2c(=S)[nH][nH]c2=S)c1)CCCC(=O)[O-].[K+]. The molecular formula is C24H29KN4O2S2. The molecule has 3 N–H and O–H groups in total. The monoisotopic (exact) mass is 508 g/mol. The number of rotatable bonds is 11. The van der Waals surface area contributed by atoms with Crippen molar-refractivity contribution in [3.05, 3.63) is 68.7 Å². The summed E-state index contributed by atoms with van der Waals surface area (Å²) in [7, 11) is 0. The summed E-state index contributed by atoms with van der Waals surface area (Å²) < 4.78 is 2.84. The van der Waals surface area contributed by atoms with Gasteiger partial charge in [-0.05, 0) is 111 Å². The van der Waals surface area contributed by atoms with Gasteiger partial charge in [0.15, 0.2) is 9.54 Å². The van der Waals surface area contributed by atoms with E-state index in [0.717, 1.165) is 37.2 Å². The van der Waals surface area contributed by atoms with Crippen molar-refractivity contribution in [2.75, 3.05) is 11.9 Å². The number of aryl methyl sites for hydroxylation is 2. The summed E-state index contributed by atoms with van der Waals surface area (Å²) in [5, 5.41) is 20.1. The van der Waals surface area contributed by atoms with Crippen LogP contribution in [0.2, 0.25) is 0 Å². The standard InChI is InChI=1S/C24H30N4O2S2.K/c1-16-7-3-8-17(2)22(16)18(9-4-13-21(29)30)10-6-14-25-19-11-5-12-20(15-19)28-23(31)26-27-24(28)32;/h3,5,7-8,11-12,15,18,25H,4,6,9-10,13-14H2,1-2H3,(H,26,31)(H,27,32)(H,29,30);/q;+1/p-1. The molecule has 3 aromatic rings. The second-order valence-corrected chi connectivity index (χ2v) is 8.86. The van der Waals surface area contributed by atoms with Crippen LogP contribution in [0.1, 0.15) is 54.7 Å². The van der Waals surface area contributed by atoms with Gasteiger partial charge in [-0.3, -0.25) is 14.8 Å². The number of carboxylic acids is 1. The third kappa shape index (κ3) is 7.99. The van der Waals surface area contributed by atoms with Crippen molar-refractivity contribution < 1.29 is 61.3 Å². The number of H-pyrrole nitrogens is 2. The molecule has 0 saturated heterocycles. The molecule has 1 unspecified atom stereocenters. The molecule has 170 valence electrons. The largest absolute Gasteiger partial charge is 1.00 e. The molecule has 1 heterocycles. The van der Waals surface area contributed by atoms with Crippen LogP contribution in [0, 0.1) is 23.4 Å². The molecule has 0 radical (unpaired) electrons. The Bertz CT molecular complexity index is 1140. The van der Waals surface area contributed by atoms with E-state index < -0.39 is 5.97 Å². The molecule has 0 amide bonds. The third-order valence-electron chi connectivity index (χ3n) is 5.73. The van der Waals surface area contributed by atoms with Gasteiger partial charge in [-0.1, -0.05) is 24.3 Å². The zero-order chi connectivity index (χ0) is 23.1. The molecule has 1 atom stereocenters. The second kappa shape index (κ2) is 13.7. The number of nitrogens with one attached hydrogen (secondary N) is 3. The molecule has 0 aliphatic rings. The second-order valence-electron chi connectivity index (χ2n) is 8.08. The van der Waals surface area contributed by atoms with Crippen molar-refractivity contribution in [1.82, 2.24) is 14.8 Å². The van der Waals surface area contributed by atoms with Crippen LogP contribution in [-0.4, -0.2) is 27.3 Å². The summed E-state index contributed by atoms with van der Waals surface area (Å²) >= 11 is 10.6. The molecule has 9 heteroatoms. The van der Waals surface area contributed by atoms with Gasteiger partial charge in [0, 0.05) is 18.2 Å². The number of carbonyl (C=O) groups is 1. The third-order valence-corrected chi connectivity index (χ3v) is 6.30. The Morgan fingerprint density at radius 1 is 1.03 bits per heavy atom. The van der Waals surface area contributed by atoms with E-state index in [4.69, 9.17) is 24.4 Å². The molecule has 3 rings (SSSR count). The molecule has 0 aliphatic heterocycles. The molecule has 0 bridgehead atoms. The Morgan fingerprint density at radius 2 is 1.64 bits per heavy atom. The van der Waals surface area contributed by atoms with Crippen molar-refractivity contribution in [2.24, 2.45) is 0 Å². The van der Waals surface area contributed by atoms with Crippen LogP contribution in [0.15, 0.2) is 42.5 Å². The van der Waals surface area contributed by atoms with Crippen molar-refractivity contribution in [1.29, 1.82) is 0 Å². The fraction of sp³-hybridized carbons (Fsp3) is 0.375. The van der Waals surface area contributed by atoms with Crippen molar-refractivity contribution in [2.45, 2.75) is 51.9 Å². The van der Waals surface area contributed by atoms with Gasteiger partial charge in [-0.2, -0.15) is 0 Å². The molecule has 6 nitrogen and oxygen atoms in total. The average molecular weight is 509 g/mol. The molecule has 0 saturated carbocycles. The molecule has 0 fully saturated rings. The zero-order valence-electron chi connectivity index (χ0n) is 19.4. The Hall–Kier alpha value is -1.07. The number of carbonyl (C=O) groups excluding carboxylic acids is 1. The summed E-state index contributed by atoms with van der Waals surface area (Å²) in [6.07, 6.45) is 3.54. The average Bonchev–Trinajstić information content (AvgIpc) is 3.08. The van der Waals surface area contributed by atoms with Gasteiger partial charge < -0.3 is 15.2 Å². The number of aromatic nitrogens is 3. The quantitative estimate of drug-likeness (QED) is 0.210. The van der Waals surface area contributed by atoms with Crippen LogP contribution < -0.4 is 61.8 Å². The molecule has 2 aromatic carbocycles. The normalized spacial score (nSPS) is 11.6. The van der Waals surface area contributed by atoms with Crippen LogP contribution in [0.3, 0.4) is 0 Å². The summed E-state index contributed by atoms with van der Waals surface area (Å²) in [6, 6.07) is 14.3. The van der Waals surface area contributed by atoms with E-state index in [2.05, 4.69) is 47.6 Å². The van der Waals surface area contributed by atoms with Gasteiger partial charge in [0.1, 0.15) is 0 Å². The van der Waals surface area contributed by atoms with E-state index in [9.17, 15) is 9.90 Å². The summed E-state index contributed by atoms with van der Waals surface area (Å²) in [6.45, 7) is 5.08. The van der Waals surface area contributed by atoms with Gasteiger partial charge in [0.2, 0.25) is 0 Å². The van der Waals surface area contributed by atoms with Crippen LogP contribution in [0.5, 0.6) is 0 Å². The first kappa shape index (κ1) is 28.2. The molecule has 1 aromatic heterocycles. The first-order valence-corrected chi connectivity index (χ1v) is 11.7. The van der Waals surface area contributed by atoms with E-state index in [0.29, 0.717) is 21.9 Å². The minimum absolute atomic E-state index is 0. The first-order valence-electron chi connectivity index (χ1n) is 10.9. The molecule has 0 spiro atoms. The zero-order valence-corrected chi connectivity index (χ0v) is 24.2. The van der Waals surface area contributed by atoms with E-state index in [-0.39, 0.29) is 57.8 Å². The first-order chi connectivity index (χ1) is 15.4. The van der Waals surface area contributed by atoms with Crippen LogP contribution in [0.4, 0.5) is 5.69 Å². The number of carboxylic acid groups (broad SMARTS) is 1. The number of nitrogens with zero attached hydrogens (tertiary/aromatic N) is 1. The van der Waals surface area contributed by atoms with E-state index >= 15 is 0 Å². The Labute approximate surface area is 247 Å². The number of anilines is 1. The van der Waals surface area contributed by atoms with Crippen molar-refractivity contribution in [3.8, 4) is 5.69 Å². The van der Waals surface area contributed by atoms with Crippen molar-refractivity contribution in [3.63, 3.8) is 0 Å². The number of benzene rings is 2. The summed E-state index contributed by atoms with van der Waals surface area (Å²) in [5.74, 6) is -0.644. The predicted molar refractivity (Wildman–Crippen MR) is 131 cm³/mol. The van der Waals surface area contributed by atoms with Gasteiger partial charge in [0.25, 0.3) is 0 Å². The molecule has 0 aliphatic carbocycles. The minimum Gasteiger partial charge on any atom is -0.550 e. The topological polar surface area (TPSA) is 88.7 Å². The summed E-state index contributed by atoms with van der Waals surface area (Å²) in [5.41, 5.74) is 5.79. The van der Waals surface area contributed by atoms with Crippen LogP contribution in [0.25, 0.3) is 5.69 Å². The Kier molecular flexibility index (Phi) is 11.7. The van der Waals surface area contributed by atoms with E-state index in [1.807, 2.05) is 24.3 Å². The maximum Gasteiger partial charge on any atom is 1.00 e. The van der Waals surface area contributed by atoms with Crippen LogP contribution >= 0.6 is 24.4 Å². The minimum atomic E-state index is -0.978. The van der Waals surface area contributed by atoms with E-state index in [1.165, 1.54) is 16.7 Å². The molecular weight excluding hydrogens is 480 g/mol. The predicted octanol–water partition coefficient (Wildman–Crippen LogP) is 2.11. The number of aromatic amines is 2. The van der Waals surface area contributed by atoms with Crippen molar-refractivity contribution >= 4 is 36.1 Å². The molecule has 33 heavy (non-hydrogen) atoms. The number of aliphatic carboxylic acids is 1. The van der Waals surface area contributed by atoms with E-state index in [1.54, 1.807) is 4.57 Å². The van der Waals surface area contributed by atoms with Gasteiger partial charge in [-0.25, -0.2) is 0 Å².